The first-order valence-corrected chi connectivity index (χ1v) is 5.87. The molecule has 0 aromatic carbocycles. The van der Waals surface area contributed by atoms with Crippen molar-refractivity contribution in [1.82, 2.24) is 14.9 Å². The lowest BCUT2D eigenvalue weighted by molar-refractivity contribution is -0.170. The molecule has 1 heterocycles. The van der Waals surface area contributed by atoms with Crippen molar-refractivity contribution < 1.29 is 22.4 Å². The van der Waals surface area contributed by atoms with E-state index in [0.29, 0.717) is 12.8 Å². The molecule has 0 radical (unpaired) electrons. The second-order valence-corrected chi connectivity index (χ2v) is 4.51. The average molecular weight is 279 g/mol. The van der Waals surface area contributed by atoms with Crippen molar-refractivity contribution in [3.05, 3.63) is 18.7 Å². The normalized spacial score (nSPS) is 23.8. The summed E-state index contributed by atoms with van der Waals surface area (Å²) < 4.78 is 51.6. The van der Waals surface area contributed by atoms with Crippen molar-refractivity contribution in [2.45, 2.75) is 43.7 Å². The van der Waals surface area contributed by atoms with Gasteiger partial charge >= 0.3 is 12.3 Å². The molecular weight excluding hydrogens is 266 g/mol. The van der Waals surface area contributed by atoms with Gasteiger partial charge in [-0.1, -0.05) is 0 Å². The Morgan fingerprint density at radius 1 is 1.42 bits per heavy atom. The predicted octanol–water partition coefficient (Wildman–Crippen LogP) is 1.99. The van der Waals surface area contributed by atoms with E-state index < -0.39 is 24.3 Å². The third-order valence-corrected chi connectivity index (χ3v) is 3.28. The van der Waals surface area contributed by atoms with E-state index in [1.807, 2.05) is 5.32 Å². The molecule has 106 valence electrons. The Morgan fingerprint density at radius 3 is 2.74 bits per heavy atom. The Morgan fingerprint density at radius 2 is 2.16 bits per heavy atom. The fourth-order valence-corrected chi connectivity index (χ4v) is 2.30. The topological polar surface area (TPSA) is 46.9 Å². The van der Waals surface area contributed by atoms with Crippen molar-refractivity contribution in [3.63, 3.8) is 0 Å². The summed E-state index contributed by atoms with van der Waals surface area (Å²) in [5, 5.41) is 2.02. The number of nitrogens with one attached hydrogen (secondary N) is 1. The summed E-state index contributed by atoms with van der Waals surface area (Å²) in [6.45, 7) is 0. The van der Waals surface area contributed by atoms with Gasteiger partial charge in [-0.3, -0.25) is 4.79 Å². The Bertz CT molecular complexity index is 435. The molecule has 2 unspecified atom stereocenters. The third kappa shape index (κ3) is 2.71. The van der Waals surface area contributed by atoms with Crippen LogP contribution in [0.2, 0.25) is 0 Å². The van der Waals surface area contributed by atoms with Crippen molar-refractivity contribution in [2.75, 3.05) is 0 Å². The molecule has 0 spiro atoms. The van der Waals surface area contributed by atoms with E-state index in [2.05, 4.69) is 4.98 Å². The van der Waals surface area contributed by atoms with Crippen LogP contribution in [0.5, 0.6) is 0 Å². The highest BCUT2D eigenvalue weighted by Crippen LogP contribution is 2.31. The molecule has 1 fully saturated rings. The summed E-state index contributed by atoms with van der Waals surface area (Å²) in [6, 6.07) is -0.800. The van der Waals surface area contributed by atoms with Crippen LogP contribution in [0.15, 0.2) is 18.7 Å². The number of carbonyl (C=O) groups is 1. The van der Waals surface area contributed by atoms with E-state index in [0.717, 1.165) is 6.42 Å². The van der Waals surface area contributed by atoms with Gasteiger partial charge in [0, 0.05) is 18.4 Å². The zero-order valence-electron chi connectivity index (χ0n) is 9.90. The molecule has 1 amide bonds. The van der Waals surface area contributed by atoms with Crippen molar-refractivity contribution in [2.24, 2.45) is 0 Å². The molecule has 1 saturated carbocycles. The van der Waals surface area contributed by atoms with Crippen LogP contribution in [-0.2, 0) is 4.79 Å². The quantitative estimate of drug-likeness (QED) is 0.857. The molecule has 1 aromatic heterocycles. The molecule has 4 nitrogen and oxygen atoms in total. The van der Waals surface area contributed by atoms with Gasteiger partial charge in [0.25, 0.3) is 5.91 Å². The number of alkyl halides is 4. The minimum Gasteiger partial charge on any atom is -0.346 e. The molecule has 1 N–H and O–H groups in total. The zero-order valence-corrected chi connectivity index (χ0v) is 9.90. The van der Waals surface area contributed by atoms with E-state index in [9.17, 15) is 22.4 Å². The first-order valence-electron chi connectivity index (χ1n) is 5.87. The fraction of sp³-hybridized carbons (Fsp3) is 0.636. The van der Waals surface area contributed by atoms with E-state index >= 15 is 0 Å². The van der Waals surface area contributed by atoms with Crippen LogP contribution >= 0.6 is 0 Å². The number of hydrogen-bond acceptors (Lipinski definition) is 2. The van der Waals surface area contributed by atoms with Crippen LogP contribution in [0.4, 0.5) is 17.6 Å². The number of rotatable bonds is 4. The van der Waals surface area contributed by atoms with Gasteiger partial charge in [0.2, 0.25) is 0 Å². The van der Waals surface area contributed by atoms with Gasteiger partial charge in [0.05, 0.1) is 12.4 Å². The van der Waals surface area contributed by atoms with Crippen LogP contribution in [0.25, 0.3) is 0 Å². The van der Waals surface area contributed by atoms with Crippen molar-refractivity contribution in [1.29, 1.82) is 0 Å². The summed E-state index contributed by atoms with van der Waals surface area (Å²) in [6.07, 6.45) is 2.59. The largest absolute Gasteiger partial charge is 0.383 e. The maximum atomic E-state index is 12.9. The molecule has 0 bridgehead atoms. The van der Waals surface area contributed by atoms with Crippen LogP contribution < -0.4 is 5.32 Å². The minimum absolute atomic E-state index is 0.222. The number of aromatic nitrogens is 2. The number of imidazole rings is 1. The van der Waals surface area contributed by atoms with Gasteiger partial charge in [0.15, 0.2) is 0 Å². The maximum Gasteiger partial charge on any atom is 0.383 e. The second-order valence-electron chi connectivity index (χ2n) is 4.51. The monoisotopic (exact) mass is 279 g/mol. The third-order valence-electron chi connectivity index (χ3n) is 3.28. The molecule has 2 atom stereocenters. The van der Waals surface area contributed by atoms with Gasteiger partial charge in [-0.2, -0.15) is 8.78 Å². The standard InChI is InChI=1S/C11H13F4N3O/c12-9(13)11(14,15)10(19)17-7-2-1-3-8(7)18-5-4-16-6-18/h4-9H,1-3H2,(H,17,19). The fourth-order valence-electron chi connectivity index (χ4n) is 2.30. The summed E-state index contributed by atoms with van der Waals surface area (Å²) in [4.78, 5) is 15.1. The van der Waals surface area contributed by atoms with Crippen LogP contribution in [0.1, 0.15) is 25.3 Å². The maximum absolute atomic E-state index is 12.9. The highest BCUT2D eigenvalue weighted by molar-refractivity contribution is 5.84. The van der Waals surface area contributed by atoms with E-state index in [-0.39, 0.29) is 6.04 Å². The molecule has 8 heteroatoms. The molecule has 1 aliphatic rings. The van der Waals surface area contributed by atoms with Gasteiger partial charge in [-0.25, -0.2) is 13.8 Å². The Labute approximate surface area is 106 Å². The zero-order chi connectivity index (χ0) is 14.0. The molecule has 2 rings (SSSR count). The Hall–Kier alpha value is -1.60. The smallest absolute Gasteiger partial charge is 0.346 e. The van der Waals surface area contributed by atoms with Crippen molar-refractivity contribution in [3.8, 4) is 0 Å². The van der Waals surface area contributed by atoms with Gasteiger partial charge in [0.1, 0.15) is 0 Å². The molecular formula is C11H13F4N3O. The number of halogens is 4. The number of hydrogen-bond donors (Lipinski definition) is 1. The first-order chi connectivity index (χ1) is 8.93. The SMILES string of the molecule is O=C(NC1CCCC1n1ccnc1)C(F)(F)C(F)F. The lowest BCUT2D eigenvalue weighted by Gasteiger charge is -2.24. The molecule has 1 aromatic rings. The van der Waals surface area contributed by atoms with Gasteiger partial charge in [-0.15, -0.1) is 0 Å². The van der Waals surface area contributed by atoms with Gasteiger partial charge in [-0.05, 0) is 19.3 Å². The first kappa shape index (κ1) is 13.8. The molecule has 0 saturated heterocycles. The predicted molar refractivity (Wildman–Crippen MR) is 58.0 cm³/mol. The van der Waals surface area contributed by atoms with Crippen LogP contribution in [0.3, 0.4) is 0 Å². The summed E-state index contributed by atoms with van der Waals surface area (Å²) in [5.41, 5.74) is 0. The Balaban J connectivity index is 2.04. The van der Waals surface area contributed by atoms with E-state index in [4.69, 9.17) is 0 Å². The van der Waals surface area contributed by atoms with Crippen molar-refractivity contribution >= 4 is 5.91 Å². The lowest BCUT2D eigenvalue weighted by Crippen LogP contribution is -2.50. The highest BCUT2D eigenvalue weighted by Gasteiger charge is 2.50. The van der Waals surface area contributed by atoms with E-state index in [1.165, 1.54) is 12.5 Å². The van der Waals surface area contributed by atoms with Crippen LogP contribution in [0, 0.1) is 0 Å². The minimum atomic E-state index is -4.65. The lowest BCUT2D eigenvalue weighted by atomic mass is 10.1. The Kier molecular flexibility index (Phi) is 3.77. The average Bonchev–Trinajstić information content (AvgIpc) is 2.97. The summed E-state index contributed by atoms with van der Waals surface area (Å²) in [5.74, 6) is -6.57. The van der Waals surface area contributed by atoms with E-state index in [1.54, 1.807) is 10.8 Å². The number of carbonyl (C=O) groups excluding carboxylic acids is 1. The summed E-state index contributed by atoms with van der Waals surface area (Å²) >= 11 is 0. The number of amides is 1. The molecule has 1 aliphatic carbocycles. The molecule has 0 aliphatic heterocycles. The van der Waals surface area contributed by atoms with Crippen LogP contribution in [-0.4, -0.2) is 33.8 Å². The van der Waals surface area contributed by atoms with Gasteiger partial charge < -0.3 is 9.88 Å². The number of nitrogens with zero attached hydrogens (tertiary/aromatic N) is 2. The second kappa shape index (κ2) is 5.18. The summed E-state index contributed by atoms with van der Waals surface area (Å²) in [7, 11) is 0. The molecule has 19 heavy (non-hydrogen) atoms. The highest BCUT2D eigenvalue weighted by atomic mass is 19.3.